The predicted molar refractivity (Wildman–Crippen MR) is 79.9 cm³/mol. The van der Waals surface area contributed by atoms with E-state index in [0.29, 0.717) is 0 Å². The molecule has 0 heterocycles. The molecule has 1 aliphatic carbocycles. The molecular weight excluding hydrogens is 266 g/mol. The molecule has 0 saturated heterocycles. The second kappa shape index (κ2) is 5.58. The van der Waals surface area contributed by atoms with E-state index < -0.39 is 6.09 Å². The Hall–Kier alpha value is -2.33. The standard InChI is InChI=1S/C17H17NO3/c1-18(10-11-19)17(20)21-16-14-8-4-2-6-12(14)13-7-3-5-9-15(13)16/h2-9,16,19H,10-11H2,1H3. The van der Waals surface area contributed by atoms with E-state index in [1.165, 1.54) is 4.90 Å². The highest BCUT2D eigenvalue weighted by molar-refractivity contribution is 5.79. The fourth-order valence-corrected chi connectivity index (χ4v) is 2.67. The topological polar surface area (TPSA) is 49.8 Å². The number of hydrogen-bond acceptors (Lipinski definition) is 3. The van der Waals surface area contributed by atoms with Crippen LogP contribution in [0.3, 0.4) is 0 Å². The lowest BCUT2D eigenvalue weighted by atomic mass is 10.1. The highest BCUT2D eigenvalue weighted by Gasteiger charge is 2.31. The smallest absolute Gasteiger partial charge is 0.410 e. The summed E-state index contributed by atoms with van der Waals surface area (Å²) in [5.41, 5.74) is 4.22. The van der Waals surface area contributed by atoms with Gasteiger partial charge in [0.2, 0.25) is 0 Å². The molecule has 0 spiro atoms. The summed E-state index contributed by atoms with van der Waals surface area (Å²) in [7, 11) is 1.62. The van der Waals surface area contributed by atoms with E-state index in [2.05, 4.69) is 0 Å². The van der Waals surface area contributed by atoms with Gasteiger partial charge in [-0.3, -0.25) is 0 Å². The first-order chi connectivity index (χ1) is 10.2. The number of hydrogen-bond donors (Lipinski definition) is 1. The highest BCUT2D eigenvalue weighted by Crippen LogP contribution is 2.45. The summed E-state index contributed by atoms with van der Waals surface area (Å²) in [6, 6.07) is 15.9. The molecule has 0 aromatic heterocycles. The largest absolute Gasteiger partial charge is 0.436 e. The van der Waals surface area contributed by atoms with E-state index in [4.69, 9.17) is 9.84 Å². The lowest BCUT2D eigenvalue weighted by Crippen LogP contribution is -2.31. The van der Waals surface area contributed by atoms with Crippen molar-refractivity contribution in [3.05, 3.63) is 59.7 Å². The number of carbonyl (C=O) groups is 1. The molecule has 0 unspecified atom stereocenters. The number of fused-ring (bicyclic) bond motifs is 3. The number of ether oxygens (including phenoxy) is 1. The van der Waals surface area contributed by atoms with Crippen LogP contribution in [-0.2, 0) is 4.74 Å². The van der Waals surface area contributed by atoms with Crippen molar-refractivity contribution >= 4 is 6.09 Å². The van der Waals surface area contributed by atoms with Gasteiger partial charge in [-0.15, -0.1) is 0 Å². The van der Waals surface area contributed by atoms with Crippen LogP contribution in [0.2, 0.25) is 0 Å². The van der Waals surface area contributed by atoms with Crippen LogP contribution in [0.15, 0.2) is 48.5 Å². The number of benzene rings is 2. The second-order valence-corrected chi connectivity index (χ2v) is 5.08. The first-order valence-corrected chi connectivity index (χ1v) is 6.93. The molecule has 108 valence electrons. The predicted octanol–water partition coefficient (Wildman–Crippen LogP) is 2.82. The molecule has 1 amide bonds. The summed E-state index contributed by atoms with van der Waals surface area (Å²) in [6.07, 6.45) is -0.813. The zero-order valence-electron chi connectivity index (χ0n) is 11.8. The van der Waals surface area contributed by atoms with Gasteiger partial charge in [-0.1, -0.05) is 48.5 Å². The fourth-order valence-electron chi connectivity index (χ4n) is 2.67. The molecular formula is C17H17NO3. The molecule has 1 aliphatic rings. The van der Waals surface area contributed by atoms with Crippen LogP contribution in [0.4, 0.5) is 4.79 Å². The summed E-state index contributed by atoms with van der Waals surface area (Å²) in [6.45, 7) is 0.179. The van der Waals surface area contributed by atoms with Crippen molar-refractivity contribution < 1.29 is 14.6 Å². The highest BCUT2D eigenvalue weighted by atomic mass is 16.6. The number of amides is 1. The maximum Gasteiger partial charge on any atom is 0.410 e. The maximum absolute atomic E-state index is 12.1. The number of rotatable bonds is 3. The van der Waals surface area contributed by atoms with Crippen molar-refractivity contribution in [2.45, 2.75) is 6.10 Å². The number of nitrogens with zero attached hydrogens (tertiary/aromatic N) is 1. The summed E-state index contributed by atoms with van der Waals surface area (Å²) in [5.74, 6) is 0. The van der Waals surface area contributed by atoms with Crippen molar-refractivity contribution in [3.63, 3.8) is 0 Å². The van der Waals surface area contributed by atoms with E-state index in [1.54, 1.807) is 7.05 Å². The summed E-state index contributed by atoms with van der Waals surface area (Å²) in [4.78, 5) is 13.5. The Morgan fingerprint density at radius 2 is 1.62 bits per heavy atom. The Balaban J connectivity index is 1.94. The van der Waals surface area contributed by atoms with Gasteiger partial charge in [0.15, 0.2) is 6.10 Å². The van der Waals surface area contributed by atoms with Crippen LogP contribution < -0.4 is 0 Å². The minimum atomic E-state index is -0.430. The summed E-state index contributed by atoms with van der Waals surface area (Å²) in [5, 5.41) is 8.91. The Labute approximate surface area is 123 Å². The molecule has 2 aromatic rings. The van der Waals surface area contributed by atoms with Gasteiger partial charge in [0.05, 0.1) is 6.61 Å². The SMILES string of the molecule is CN(CCO)C(=O)OC1c2ccccc2-c2ccccc21. The van der Waals surface area contributed by atoms with Gasteiger partial charge < -0.3 is 14.7 Å². The Kier molecular flexibility index (Phi) is 3.62. The molecule has 3 rings (SSSR count). The molecule has 0 atom stereocenters. The quantitative estimate of drug-likeness (QED) is 0.942. The van der Waals surface area contributed by atoms with Gasteiger partial charge >= 0.3 is 6.09 Å². The molecule has 4 nitrogen and oxygen atoms in total. The molecule has 1 N–H and O–H groups in total. The van der Waals surface area contributed by atoms with Crippen molar-refractivity contribution in [1.82, 2.24) is 4.90 Å². The van der Waals surface area contributed by atoms with E-state index >= 15 is 0 Å². The number of likely N-dealkylation sites (N-methyl/N-ethyl adjacent to an activating group) is 1. The van der Waals surface area contributed by atoms with Gasteiger partial charge in [0.25, 0.3) is 0 Å². The van der Waals surface area contributed by atoms with Gasteiger partial charge in [0, 0.05) is 24.7 Å². The number of aliphatic hydroxyl groups is 1. The van der Waals surface area contributed by atoms with E-state index in [9.17, 15) is 4.79 Å². The van der Waals surface area contributed by atoms with Crippen LogP contribution in [0.1, 0.15) is 17.2 Å². The number of aliphatic hydroxyl groups excluding tert-OH is 1. The normalized spacial score (nSPS) is 12.7. The lowest BCUT2D eigenvalue weighted by molar-refractivity contribution is 0.0808. The molecule has 0 bridgehead atoms. The molecule has 0 radical (unpaired) electrons. The van der Waals surface area contributed by atoms with E-state index in [1.807, 2.05) is 48.5 Å². The molecule has 0 saturated carbocycles. The van der Waals surface area contributed by atoms with Gasteiger partial charge in [-0.25, -0.2) is 4.79 Å². The lowest BCUT2D eigenvalue weighted by Gasteiger charge is -2.20. The van der Waals surface area contributed by atoms with E-state index in [-0.39, 0.29) is 19.3 Å². The zero-order valence-corrected chi connectivity index (χ0v) is 11.8. The summed E-state index contributed by atoms with van der Waals surface area (Å²) < 4.78 is 5.65. The van der Waals surface area contributed by atoms with Crippen LogP contribution >= 0.6 is 0 Å². The minimum Gasteiger partial charge on any atom is -0.436 e. The van der Waals surface area contributed by atoms with Crippen LogP contribution in [0, 0.1) is 0 Å². The maximum atomic E-state index is 12.1. The molecule has 21 heavy (non-hydrogen) atoms. The average Bonchev–Trinajstić information content (AvgIpc) is 2.82. The zero-order chi connectivity index (χ0) is 14.8. The molecule has 0 fully saturated rings. The van der Waals surface area contributed by atoms with E-state index in [0.717, 1.165) is 22.3 Å². The van der Waals surface area contributed by atoms with Crippen molar-refractivity contribution in [2.24, 2.45) is 0 Å². The van der Waals surface area contributed by atoms with Crippen molar-refractivity contribution in [2.75, 3.05) is 20.2 Å². The molecule has 0 aliphatic heterocycles. The fraction of sp³-hybridized carbons (Fsp3) is 0.235. The van der Waals surface area contributed by atoms with Gasteiger partial charge in [-0.05, 0) is 11.1 Å². The Bertz CT molecular complexity index is 623. The third kappa shape index (κ3) is 2.38. The van der Waals surface area contributed by atoms with Crippen molar-refractivity contribution in [3.8, 4) is 11.1 Å². The van der Waals surface area contributed by atoms with Crippen LogP contribution in [-0.4, -0.2) is 36.3 Å². The third-order valence-corrected chi connectivity index (χ3v) is 3.74. The molecule has 4 heteroatoms. The van der Waals surface area contributed by atoms with Crippen LogP contribution in [0.5, 0.6) is 0 Å². The van der Waals surface area contributed by atoms with Crippen LogP contribution in [0.25, 0.3) is 11.1 Å². The molecule has 2 aromatic carbocycles. The third-order valence-electron chi connectivity index (χ3n) is 3.74. The van der Waals surface area contributed by atoms with Crippen molar-refractivity contribution in [1.29, 1.82) is 0 Å². The number of carbonyl (C=O) groups excluding carboxylic acids is 1. The minimum absolute atomic E-state index is 0.0799. The average molecular weight is 283 g/mol. The van der Waals surface area contributed by atoms with Gasteiger partial charge in [0.1, 0.15) is 0 Å². The first kappa shape index (κ1) is 13.6. The Morgan fingerprint density at radius 3 is 2.14 bits per heavy atom. The van der Waals surface area contributed by atoms with Gasteiger partial charge in [-0.2, -0.15) is 0 Å². The Morgan fingerprint density at radius 1 is 1.10 bits per heavy atom. The first-order valence-electron chi connectivity index (χ1n) is 6.93. The second-order valence-electron chi connectivity index (χ2n) is 5.08. The monoisotopic (exact) mass is 283 g/mol. The summed E-state index contributed by atoms with van der Waals surface area (Å²) >= 11 is 0.